The van der Waals surface area contributed by atoms with Crippen LogP contribution in [0.25, 0.3) is 0 Å². The summed E-state index contributed by atoms with van der Waals surface area (Å²) in [6.07, 6.45) is 1.22. The van der Waals surface area contributed by atoms with Crippen LogP contribution in [0.2, 0.25) is 5.02 Å². The van der Waals surface area contributed by atoms with E-state index in [1.54, 1.807) is 17.0 Å². The maximum Gasteiger partial charge on any atom is 0.253 e. The topological polar surface area (TPSA) is 75.4 Å². The third-order valence-corrected chi connectivity index (χ3v) is 3.65. The van der Waals surface area contributed by atoms with Crippen LogP contribution >= 0.6 is 11.6 Å². The van der Waals surface area contributed by atoms with E-state index < -0.39 is 0 Å². The first kappa shape index (κ1) is 15.4. The summed E-state index contributed by atoms with van der Waals surface area (Å²) in [5.41, 5.74) is 7.45. The largest absolute Gasteiger partial charge is 0.398 e. The van der Waals surface area contributed by atoms with Gasteiger partial charge < -0.3 is 16.0 Å². The highest BCUT2D eigenvalue weighted by Crippen LogP contribution is 2.18. The van der Waals surface area contributed by atoms with Crippen LogP contribution in [-0.4, -0.2) is 36.3 Å². The molecule has 0 aromatic heterocycles. The molecule has 112 valence electrons. The maximum absolute atomic E-state index is 12.0. The van der Waals surface area contributed by atoms with Gasteiger partial charge in [-0.25, -0.2) is 0 Å². The van der Waals surface area contributed by atoms with Crippen LogP contribution in [0.15, 0.2) is 30.4 Å². The number of hydrogen-bond acceptors (Lipinski definition) is 3. The first-order valence-electron chi connectivity index (χ1n) is 6.75. The van der Waals surface area contributed by atoms with Crippen molar-refractivity contribution in [3.8, 4) is 0 Å². The van der Waals surface area contributed by atoms with Gasteiger partial charge in [0.05, 0.1) is 5.56 Å². The van der Waals surface area contributed by atoms with Crippen molar-refractivity contribution in [2.75, 3.05) is 25.4 Å². The number of nitrogens with one attached hydrogen (secondary N) is 1. The van der Waals surface area contributed by atoms with Gasteiger partial charge in [0.25, 0.3) is 5.91 Å². The SMILES string of the molecule is C=C1CCN(CCNC(=O)c2ccc(Cl)cc2N)C(=O)C1. The second-order valence-electron chi connectivity index (χ2n) is 5.05. The number of hydrogen-bond donors (Lipinski definition) is 2. The summed E-state index contributed by atoms with van der Waals surface area (Å²) in [4.78, 5) is 25.5. The maximum atomic E-state index is 12.0. The van der Waals surface area contributed by atoms with E-state index in [2.05, 4.69) is 11.9 Å². The molecule has 0 unspecified atom stereocenters. The summed E-state index contributed by atoms with van der Waals surface area (Å²) in [6.45, 7) is 5.36. The normalized spacial score (nSPS) is 15.2. The summed E-state index contributed by atoms with van der Waals surface area (Å²) in [5.74, 6) is -0.204. The van der Waals surface area contributed by atoms with Crippen molar-refractivity contribution in [3.05, 3.63) is 40.9 Å². The first-order valence-corrected chi connectivity index (χ1v) is 7.13. The number of rotatable bonds is 4. The molecule has 5 nitrogen and oxygen atoms in total. The minimum Gasteiger partial charge on any atom is -0.398 e. The lowest BCUT2D eigenvalue weighted by atomic mass is 10.1. The number of benzene rings is 1. The van der Waals surface area contributed by atoms with E-state index in [0.717, 1.165) is 12.0 Å². The Balaban J connectivity index is 1.84. The van der Waals surface area contributed by atoms with Gasteiger partial charge in [-0.2, -0.15) is 0 Å². The summed E-state index contributed by atoms with van der Waals surface area (Å²) >= 11 is 5.79. The van der Waals surface area contributed by atoms with E-state index in [-0.39, 0.29) is 11.8 Å². The van der Waals surface area contributed by atoms with Crippen molar-refractivity contribution in [1.82, 2.24) is 10.2 Å². The van der Waals surface area contributed by atoms with E-state index in [1.807, 2.05) is 0 Å². The van der Waals surface area contributed by atoms with Crippen LogP contribution in [0.5, 0.6) is 0 Å². The molecule has 0 atom stereocenters. The molecule has 0 bridgehead atoms. The van der Waals surface area contributed by atoms with Gasteiger partial charge in [-0.3, -0.25) is 9.59 Å². The third kappa shape index (κ3) is 3.98. The molecular weight excluding hydrogens is 290 g/mol. The highest BCUT2D eigenvalue weighted by atomic mass is 35.5. The number of anilines is 1. The highest BCUT2D eigenvalue weighted by Gasteiger charge is 2.20. The molecule has 2 rings (SSSR count). The Hall–Kier alpha value is -2.01. The van der Waals surface area contributed by atoms with E-state index >= 15 is 0 Å². The molecule has 1 aromatic rings. The number of carbonyl (C=O) groups is 2. The van der Waals surface area contributed by atoms with Crippen LogP contribution in [0, 0.1) is 0 Å². The number of carbonyl (C=O) groups excluding carboxylic acids is 2. The molecule has 1 aliphatic heterocycles. The number of nitrogens with zero attached hydrogens (tertiary/aromatic N) is 1. The number of halogens is 1. The number of nitrogens with two attached hydrogens (primary N) is 1. The molecule has 0 saturated carbocycles. The van der Waals surface area contributed by atoms with Crippen LogP contribution in [0.4, 0.5) is 5.69 Å². The van der Waals surface area contributed by atoms with Crippen LogP contribution < -0.4 is 11.1 Å². The van der Waals surface area contributed by atoms with Crippen molar-refractivity contribution in [1.29, 1.82) is 0 Å². The van der Waals surface area contributed by atoms with Gasteiger partial charge in [-0.1, -0.05) is 23.8 Å². The van der Waals surface area contributed by atoms with Crippen molar-refractivity contribution < 1.29 is 9.59 Å². The van der Waals surface area contributed by atoms with Crippen molar-refractivity contribution >= 4 is 29.1 Å². The molecule has 1 heterocycles. The fourth-order valence-electron chi connectivity index (χ4n) is 2.21. The second-order valence-corrected chi connectivity index (χ2v) is 5.48. The fourth-order valence-corrected chi connectivity index (χ4v) is 2.39. The summed E-state index contributed by atoms with van der Waals surface area (Å²) in [6, 6.07) is 4.74. The Morgan fingerprint density at radius 3 is 2.90 bits per heavy atom. The second kappa shape index (κ2) is 6.63. The fraction of sp³-hybridized carbons (Fsp3) is 0.333. The van der Waals surface area contributed by atoms with Gasteiger partial charge in [0, 0.05) is 36.8 Å². The van der Waals surface area contributed by atoms with Crippen LogP contribution in [0.3, 0.4) is 0 Å². The number of likely N-dealkylation sites (tertiary alicyclic amines) is 1. The van der Waals surface area contributed by atoms with Crippen molar-refractivity contribution in [2.24, 2.45) is 0 Å². The van der Waals surface area contributed by atoms with E-state index in [0.29, 0.717) is 42.3 Å². The molecule has 0 aliphatic carbocycles. The molecule has 21 heavy (non-hydrogen) atoms. The third-order valence-electron chi connectivity index (χ3n) is 3.41. The summed E-state index contributed by atoms with van der Waals surface area (Å²) in [7, 11) is 0. The van der Waals surface area contributed by atoms with Gasteiger partial charge in [-0.05, 0) is 24.6 Å². The Morgan fingerprint density at radius 2 is 2.24 bits per heavy atom. The van der Waals surface area contributed by atoms with Gasteiger partial charge in [0.1, 0.15) is 0 Å². The Kier molecular flexibility index (Phi) is 4.85. The zero-order chi connectivity index (χ0) is 15.4. The predicted octanol–water partition coefficient (Wildman–Crippen LogP) is 1.83. The van der Waals surface area contributed by atoms with E-state index in [4.69, 9.17) is 17.3 Å². The molecular formula is C15H18ClN3O2. The van der Waals surface area contributed by atoms with Gasteiger partial charge in [-0.15, -0.1) is 0 Å². The quantitative estimate of drug-likeness (QED) is 0.658. The Morgan fingerprint density at radius 1 is 1.48 bits per heavy atom. The lowest BCUT2D eigenvalue weighted by Crippen LogP contribution is -2.41. The molecule has 3 N–H and O–H groups in total. The molecule has 1 aliphatic rings. The number of nitrogen functional groups attached to an aromatic ring is 1. The lowest BCUT2D eigenvalue weighted by molar-refractivity contribution is -0.131. The number of piperidine rings is 1. The molecule has 1 aromatic carbocycles. The van der Waals surface area contributed by atoms with Gasteiger partial charge >= 0.3 is 0 Å². The zero-order valence-corrected chi connectivity index (χ0v) is 12.4. The smallest absolute Gasteiger partial charge is 0.253 e. The van der Waals surface area contributed by atoms with Crippen molar-refractivity contribution in [2.45, 2.75) is 12.8 Å². The van der Waals surface area contributed by atoms with Gasteiger partial charge in [0.2, 0.25) is 5.91 Å². The minimum atomic E-state index is -0.266. The van der Waals surface area contributed by atoms with Gasteiger partial charge in [0.15, 0.2) is 0 Å². The van der Waals surface area contributed by atoms with Crippen LogP contribution in [-0.2, 0) is 4.79 Å². The first-order chi connectivity index (χ1) is 9.97. The average molecular weight is 308 g/mol. The molecule has 0 radical (unpaired) electrons. The van der Waals surface area contributed by atoms with Crippen molar-refractivity contribution in [3.63, 3.8) is 0 Å². The lowest BCUT2D eigenvalue weighted by Gasteiger charge is -2.28. The molecule has 2 amide bonds. The minimum absolute atomic E-state index is 0.0616. The summed E-state index contributed by atoms with van der Waals surface area (Å²) < 4.78 is 0. The highest BCUT2D eigenvalue weighted by molar-refractivity contribution is 6.31. The Labute approximate surface area is 128 Å². The molecule has 1 saturated heterocycles. The van der Waals surface area contributed by atoms with E-state index in [9.17, 15) is 9.59 Å². The Bertz CT molecular complexity index is 586. The van der Waals surface area contributed by atoms with Crippen LogP contribution in [0.1, 0.15) is 23.2 Å². The number of amides is 2. The monoisotopic (exact) mass is 307 g/mol. The standard InChI is InChI=1S/C15H18ClN3O2/c1-10-4-6-19(14(20)8-10)7-5-18-15(21)12-3-2-11(16)9-13(12)17/h2-3,9H,1,4-8,17H2,(H,18,21). The molecule has 0 spiro atoms. The average Bonchev–Trinajstić information content (AvgIpc) is 2.41. The molecule has 1 fully saturated rings. The molecule has 6 heteroatoms. The van der Waals surface area contributed by atoms with E-state index in [1.165, 1.54) is 6.07 Å². The summed E-state index contributed by atoms with van der Waals surface area (Å²) in [5, 5.41) is 3.25. The zero-order valence-electron chi connectivity index (χ0n) is 11.7. The predicted molar refractivity (Wildman–Crippen MR) is 83.2 cm³/mol.